The van der Waals surface area contributed by atoms with Crippen molar-refractivity contribution in [3.05, 3.63) is 90.0 Å². The number of aryl methyl sites for hydroxylation is 1. The summed E-state index contributed by atoms with van der Waals surface area (Å²) in [5.74, 6) is -0.772. The molecule has 0 saturated carbocycles. The molecule has 0 spiro atoms. The normalized spacial score (nSPS) is 17.5. The Morgan fingerprint density at radius 2 is 1.54 bits per heavy atom. The molecule has 0 unspecified atom stereocenters. The number of nitrogens with one attached hydrogen (secondary N) is 2. The lowest BCUT2D eigenvalue weighted by molar-refractivity contribution is -0.134. The van der Waals surface area contributed by atoms with Crippen molar-refractivity contribution in [2.45, 2.75) is 39.3 Å². The van der Waals surface area contributed by atoms with E-state index < -0.39 is 17.5 Å². The summed E-state index contributed by atoms with van der Waals surface area (Å²) in [5.41, 5.74) is 3.07. The molecule has 7 nitrogen and oxygen atoms in total. The second kappa shape index (κ2) is 9.62. The van der Waals surface area contributed by atoms with E-state index in [0.29, 0.717) is 11.3 Å². The number of nitrogens with zero attached hydrogens (tertiary/aromatic N) is 2. The molecule has 180 valence electrons. The van der Waals surface area contributed by atoms with Crippen LogP contribution in [0.4, 0.5) is 21.9 Å². The van der Waals surface area contributed by atoms with Gasteiger partial charge in [0.15, 0.2) is 0 Å². The average Bonchev–Trinajstić information content (AvgIpc) is 3.05. The highest BCUT2D eigenvalue weighted by Gasteiger charge is 2.49. The lowest BCUT2D eigenvalue weighted by atomic mass is 9.91. The molecule has 3 aromatic rings. The predicted octanol–water partition coefficient (Wildman–Crippen LogP) is 4.95. The van der Waals surface area contributed by atoms with Crippen molar-refractivity contribution in [3.63, 3.8) is 0 Å². The number of anilines is 3. The monoisotopic (exact) mass is 470 g/mol. The van der Waals surface area contributed by atoms with Crippen molar-refractivity contribution in [2.24, 2.45) is 0 Å². The Morgan fingerprint density at radius 3 is 2.14 bits per heavy atom. The highest BCUT2D eigenvalue weighted by molar-refractivity contribution is 6.10. The van der Waals surface area contributed by atoms with Gasteiger partial charge in [0.25, 0.3) is 5.91 Å². The average molecular weight is 471 g/mol. The molecule has 0 radical (unpaired) electrons. The first kappa shape index (κ1) is 24.0. The molecule has 3 aromatic carbocycles. The largest absolute Gasteiger partial charge is 0.356 e. The van der Waals surface area contributed by atoms with Crippen LogP contribution in [0, 0.1) is 6.92 Å². The smallest absolute Gasteiger partial charge is 0.325 e. The van der Waals surface area contributed by atoms with Crippen molar-refractivity contribution in [2.75, 3.05) is 16.8 Å². The third-order valence-corrected chi connectivity index (χ3v) is 6.19. The molecule has 2 N–H and O–H groups in total. The number of rotatable bonds is 7. The summed E-state index contributed by atoms with van der Waals surface area (Å²) < 4.78 is 0. The van der Waals surface area contributed by atoms with Gasteiger partial charge in [-0.15, -0.1) is 0 Å². The maximum atomic E-state index is 13.3. The Balaban J connectivity index is 1.50. The van der Waals surface area contributed by atoms with Gasteiger partial charge in [0.1, 0.15) is 12.1 Å². The van der Waals surface area contributed by atoms with E-state index in [2.05, 4.69) is 10.6 Å². The lowest BCUT2D eigenvalue weighted by Crippen LogP contribution is -2.46. The molecule has 35 heavy (non-hydrogen) atoms. The third kappa shape index (κ3) is 4.89. The molecule has 4 rings (SSSR count). The van der Waals surface area contributed by atoms with Crippen molar-refractivity contribution in [3.8, 4) is 0 Å². The first-order chi connectivity index (χ1) is 16.7. The topological polar surface area (TPSA) is 81.8 Å². The quantitative estimate of drug-likeness (QED) is 0.479. The van der Waals surface area contributed by atoms with Crippen molar-refractivity contribution < 1.29 is 14.4 Å². The minimum atomic E-state index is -1.21. The van der Waals surface area contributed by atoms with Gasteiger partial charge in [0.2, 0.25) is 5.91 Å². The molecule has 0 aromatic heterocycles. The summed E-state index contributed by atoms with van der Waals surface area (Å²) in [6.07, 6.45) is 0. The van der Waals surface area contributed by atoms with Crippen molar-refractivity contribution in [1.82, 2.24) is 10.2 Å². The Kier molecular flexibility index (Phi) is 6.60. The number of amides is 4. The van der Waals surface area contributed by atoms with Crippen LogP contribution in [0.3, 0.4) is 0 Å². The first-order valence-corrected chi connectivity index (χ1v) is 11.6. The molecular formula is C28H30N4O3. The maximum Gasteiger partial charge on any atom is 0.325 e. The highest BCUT2D eigenvalue weighted by Crippen LogP contribution is 2.30. The molecule has 0 bridgehead atoms. The van der Waals surface area contributed by atoms with Gasteiger partial charge < -0.3 is 15.5 Å². The number of hydrogen-bond donors (Lipinski definition) is 2. The Morgan fingerprint density at radius 1 is 0.943 bits per heavy atom. The maximum absolute atomic E-state index is 13.3. The molecule has 1 heterocycles. The molecule has 1 atom stereocenters. The number of imide groups is 1. The van der Waals surface area contributed by atoms with Gasteiger partial charge in [-0.3, -0.25) is 14.5 Å². The zero-order valence-electron chi connectivity index (χ0n) is 20.4. The summed E-state index contributed by atoms with van der Waals surface area (Å²) >= 11 is 0. The Bertz CT molecular complexity index is 1220. The van der Waals surface area contributed by atoms with Crippen LogP contribution in [0.15, 0.2) is 78.9 Å². The van der Waals surface area contributed by atoms with E-state index in [0.717, 1.165) is 21.8 Å². The van der Waals surface area contributed by atoms with Crippen LogP contribution in [0.5, 0.6) is 0 Å². The fraction of sp³-hybridized carbons (Fsp3) is 0.250. The molecule has 0 aliphatic carbocycles. The summed E-state index contributed by atoms with van der Waals surface area (Å²) in [7, 11) is 0. The van der Waals surface area contributed by atoms with Crippen molar-refractivity contribution in [1.29, 1.82) is 0 Å². The molecule has 1 aliphatic rings. The van der Waals surface area contributed by atoms with Crippen LogP contribution in [0.1, 0.15) is 31.9 Å². The summed E-state index contributed by atoms with van der Waals surface area (Å²) in [4.78, 5) is 42.0. The zero-order valence-corrected chi connectivity index (χ0v) is 20.4. The van der Waals surface area contributed by atoms with Crippen molar-refractivity contribution >= 4 is 34.9 Å². The van der Waals surface area contributed by atoms with Gasteiger partial charge in [0.05, 0.1) is 0 Å². The van der Waals surface area contributed by atoms with Gasteiger partial charge in [-0.1, -0.05) is 48.0 Å². The number of para-hydroxylation sites is 1. The first-order valence-electron chi connectivity index (χ1n) is 11.6. The summed E-state index contributed by atoms with van der Waals surface area (Å²) in [5, 5.41) is 6.09. The van der Waals surface area contributed by atoms with Gasteiger partial charge in [0, 0.05) is 23.1 Å². The molecule has 7 heteroatoms. The van der Waals surface area contributed by atoms with E-state index in [1.54, 1.807) is 11.8 Å². The highest BCUT2D eigenvalue weighted by atomic mass is 16.2. The Hall–Kier alpha value is -4.13. The number of urea groups is 1. The SMILES string of the molecule is Cc1ccc([C@]2(C)NC(=O)N(CC(=O)N(c3ccc(Nc4ccccc4)cc3)C(C)C)C2=O)cc1. The van der Waals surface area contributed by atoms with E-state index in [4.69, 9.17) is 0 Å². The minimum Gasteiger partial charge on any atom is -0.356 e. The van der Waals surface area contributed by atoms with Gasteiger partial charge in [-0.05, 0) is 69.7 Å². The van der Waals surface area contributed by atoms with E-state index in [-0.39, 0.29) is 18.5 Å². The third-order valence-electron chi connectivity index (χ3n) is 6.19. The van der Waals surface area contributed by atoms with Crippen LogP contribution in [0.2, 0.25) is 0 Å². The van der Waals surface area contributed by atoms with Crippen LogP contribution in [0.25, 0.3) is 0 Å². The number of carbonyl (C=O) groups is 3. The number of carbonyl (C=O) groups excluding carboxylic acids is 3. The summed E-state index contributed by atoms with van der Waals surface area (Å²) in [6.45, 7) is 7.08. The second-order valence-corrected chi connectivity index (χ2v) is 9.21. The van der Waals surface area contributed by atoms with Crippen LogP contribution in [-0.4, -0.2) is 35.3 Å². The fourth-order valence-electron chi connectivity index (χ4n) is 4.26. The lowest BCUT2D eigenvalue weighted by Gasteiger charge is -2.29. The van der Waals surface area contributed by atoms with Gasteiger partial charge in [-0.25, -0.2) is 4.79 Å². The van der Waals surface area contributed by atoms with E-state index >= 15 is 0 Å². The van der Waals surface area contributed by atoms with E-state index in [1.807, 2.05) is 99.6 Å². The molecular weight excluding hydrogens is 440 g/mol. The summed E-state index contributed by atoms with van der Waals surface area (Å²) in [6, 6.07) is 24.0. The molecule has 1 fully saturated rings. The van der Waals surface area contributed by atoms with Gasteiger partial charge in [-0.2, -0.15) is 0 Å². The van der Waals surface area contributed by atoms with E-state index in [9.17, 15) is 14.4 Å². The minimum absolute atomic E-state index is 0.167. The van der Waals surface area contributed by atoms with Crippen LogP contribution >= 0.6 is 0 Å². The number of benzene rings is 3. The van der Waals surface area contributed by atoms with Crippen LogP contribution < -0.4 is 15.5 Å². The molecule has 1 aliphatic heterocycles. The predicted molar refractivity (Wildman–Crippen MR) is 138 cm³/mol. The molecule has 1 saturated heterocycles. The zero-order chi connectivity index (χ0) is 25.2. The van der Waals surface area contributed by atoms with E-state index in [1.165, 1.54) is 0 Å². The van der Waals surface area contributed by atoms with Crippen LogP contribution in [-0.2, 0) is 15.1 Å². The second-order valence-electron chi connectivity index (χ2n) is 9.21. The fourth-order valence-corrected chi connectivity index (χ4v) is 4.26. The van der Waals surface area contributed by atoms with Gasteiger partial charge >= 0.3 is 6.03 Å². The number of hydrogen-bond acceptors (Lipinski definition) is 4. The Labute approximate surface area is 205 Å². The molecule has 4 amide bonds. The standard InChI is InChI=1S/C28H30N4O3/c1-19(2)32(24-16-14-23(15-17-24)29-22-8-6-5-7-9-22)25(33)18-31-26(34)28(4,30-27(31)35)21-12-10-20(3)11-13-21/h5-17,19,29H,18H2,1-4H3,(H,30,35)/t28-/m0/s1.